The van der Waals surface area contributed by atoms with Crippen LogP contribution in [0.15, 0.2) is 84.9 Å². The first kappa shape index (κ1) is 18.1. The van der Waals surface area contributed by atoms with E-state index in [2.05, 4.69) is 29.4 Å². The van der Waals surface area contributed by atoms with Gasteiger partial charge in [-0.1, -0.05) is 79.7 Å². The van der Waals surface area contributed by atoms with Gasteiger partial charge in [0.1, 0.15) is 0 Å². The highest BCUT2D eigenvalue weighted by Crippen LogP contribution is 2.31. The molecule has 28 heavy (non-hydrogen) atoms. The molecule has 1 heterocycles. The van der Waals surface area contributed by atoms with Gasteiger partial charge < -0.3 is 0 Å². The Balaban J connectivity index is 1.53. The van der Waals surface area contributed by atoms with Crippen molar-refractivity contribution >= 4 is 22.4 Å². The second-order valence-electron chi connectivity index (χ2n) is 6.41. The summed E-state index contributed by atoms with van der Waals surface area (Å²) >= 11 is 1.53. The molecule has 0 bridgehead atoms. The van der Waals surface area contributed by atoms with Crippen molar-refractivity contribution in [3.8, 4) is 22.4 Å². The summed E-state index contributed by atoms with van der Waals surface area (Å²) in [6.45, 7) is 2.11. The number of rotatable bonds is 5. The van der Waals surface area contributed by atoms with Crippen LogP contribution in [-0.2, 0) is 6.42 Å². The number of carbonyl (C=O) groups is 1. The fourth-order valence-electron chi connectivity index (χ4n) is 3.08. The monoisotopic (exact) mass is 384 g/mol. The molecule has 0 saturated carbocycles. The number of amides is 1. The number of hydrogen-bond donors (Lipinski definition) is 1. The largest absolute Gasteiger partial charge is 0.298 e. The van der Waals surface area contributed by atoms with E-state index in [1.807, 2.05) is 72.8 Å². The van der Waals surface area contributed by atoms with Crippen LogP contribution < -0.4 is 5.32 Å². The molecule has 0 saturated heterocycles. The Bertz CT molecular complexity index is 1070. The second kappa shape index (κ2) is 8.19. The van der Waals surface area contributed by atoms with Crippen LogP contribution in [-0.4, -0.2) is 10.9 Å². The summed E-state index contributed by atoms with van der Waals surface area (Å²) < 4.78 is 0. The van der Waals surface area contributed by atoms with Gasteiger partial charge in [0.2, 0.25) is 0 Å². The van der Waals surface area contributed by atoms with Crippen molar-refractivity contribution in [2.45, 2.75) is 13.3 Å². The maximum Gasteiger partial charge on any atom is 0.257 e. The lowest BCUT2D eigenvalue weighted by Crippen LogP contribution is -2.11. The summed E-state index contributed by atoms with van der Waals surface area (Å²) in [6.07, 6.45) is 0.879. The van der Waals surface area contributed by atoms with Crippen molar-refractivity contribution in [1.82, 2.24) is 4.98 Å². The van der Waals surface area contributed by atoms with Crippen molar-refractivity contribution in [2.75, 3.05) is 5.32 Å². The highest BCUT2D eigenvalue weighted by atomic mass is 32.1. The molecule has 4 rings (SSSR count). The van der Waals surface area contributed by atoms with E-state index in [1.54, 1.807) is 0 Å². The van der Waals surface area contributed by atoms with Crippen LogP contribution in [0.1, 0.15) is 22.2 Å². The molecule has 0 fully saturated rings. The SMILES string of the molecule is CCc1sc(NC(=O)c2ccc(-c3ccccc3)cc2)nc1-c1ccccc1. The van der Waals surface area contributed by atoms with Gasteiger partial charge in [-0.2, -0.15) is 0 Å². The lowest BCUT2D eigenvalue weighted by Gasteiger charge is -2.04. The van der Waals surface area contributed by atoms with Crippen LogP contribution in [0.4, 0.5) is 5.13 Å². The van der Waals surface area contributed by atoms with Gasteiger partial charge in [0.05, 0.1) is 5.69 Å². The van der Waals surface area contributed by atoms with E-state index in [-0.39, 0.29) is 5.91 Å². The number of thiazole rings is 1. The smallest absolute Gasteiger partial charge is 0.257 e. The molecule has 1 aromatic heterocycles. The molecule has 0 radical (unpaired) electrons. The van der Waals surface area contributed by atoms with E-state index in [0.717, 1.165) is 28.8 Å². The fourth-order valence-corrected chi connectivity index (χ4v) is 4.00. The molecule has 0 aliphatic carbocycles. The maximum absolute atomic E-state index is 12.7. The van der Waals surface area contributed by atoms with Gasteiger partial charge in [-0.15, -0.1) is 11.3 Å². The maximum atomic E-state index is 12.7. The first-order valence-corrected chi connectivity index (χ1v) is 10.1. The Morgan fingerprint density at radius 1 is 0.821 bits per heavy atom. The molecule has 0 aliphatic rings. The van der Waals surface area contributed by atoms with Crippen LogP contribution in [0.2, 0.25) is 0 Å². The minimum Gasteiger partial charge on any atom is -0.298 e. The summed E-state index contributed by atoms with van der Waals surface area (Å²) in [5.41, 5.74) is 4.86. The van der Waals surface area contributed by atoms with E-state index >= 15 is 0 Å². The van der Waals surface area contributed by atoms with Crippen LogP contribution >= 0.6 is 11.3 Å². The molecular weight excluding hydrogens is 364 g/mol. The van der Waals surface area contributed by atoms with E-state index in [9.17, 15) is 4.79 Å². The molecule has 1 N–H and O–H groups in total. The minimum atomic E-state index is -0.143. The molecule has 4 heteroatoms. The molecular formula is C24H20N2OS. The zero-order chi connectivity index (χ0) is 19.3. The Morgan fingerprint density at radius 2 is 1.39 bits per heavy atom. The zero-order valence-electron chi connectivity index (χ0n) is 15.6. The molecule has 3 aromatic carbocycles. The molecule has 138 valence electrons. The lowest BCUT2D eigenvalue weighted by atomic mass is 10.0. The molecule has 0 aliphatic heterocycles. The number of benzene rings is 3. The number of carbonyl (C=O) groups excluding carboxylic acids is 1. The van der Waals surface area contributed by atoms with Gasteiger partial charge in [0.15, 0.2) is 5.13 Å². The number of anilines is 1. The Labute approximate surface area is 168 Å². The third-order valence-electron chi connectivity index (χ3n) is 4.54. The Hall–Kier alpha value is -3.24. The van der Waals surface area contributed by atoms with Crippen molar-refractivity contribution in [1.29, 1.82) is 0 Å². The molecule has 0 unspecified atom stereocenters. The van der Waals surface area contributed by atoms with Crippen LogP contribution in [0.3, 0.4) is 0 Å². The number of hydrogen-bond acceptors (Lipinski definition) is 3. The quantitative estimate of drug-likeness (QED) is 0.439. The van der Waals surface area contributed by atoms with E-state index in [0.29, 0.717) is 10.7 Å². The van der Waals surface area contributed by atoms with Gasteiger partial charge in [-0.25, -0.2) is 4.98 Å². The topological polar surface area (TPSA) is 42.0 Å². The van der Waals surface area contributed by atoms with Crippen molar-refractivity contribution in [3.05, 3.63) is 95.4 Å². The number of nitrogens with one attached hydrogen (secondary N) is 1. The van der Waals surface area contributed by atoms with E-state index < -0.39 is 0 Å². The normalized spacial score (nSPS) is 10.6. The third kappa shape index (κ3) is 3.87. The summed E-state index contributed by atoms with van der Waals surface area (Å²) in [5, 5.41) is 3.58. The molecule has 1 amide bonds. The van der Waals surface area contributed by atoms with E-state index in [4.69, 9.17) is 0 Å². The van der Waals surface area contributed by atoms with Gasteiger partial charge in [0.25, 0.3) is 5.91 Å². The lowest BCUT2D eigenvalue weighted by molar-refractivity contribution is 0.102. The summed E-state index contributed by atoms with van der Waals surface area (Å²) in [7, 11) is 0. The highest BCUT2D eigenvalue weighted by Gasteiger charge is 2.14. The summed E-state index contributed by atoms with van der Waals surface area (Å²) in [6, 6.07) is 27.8. The predicted molar refractivity (Wildman–Crippen MR) is 117 cm³/mol. The fraction of sp³-hybridized carbons (Fsp3) is 0.0833. The molecule has 4 aromatic rings. The predicted octanol–water partition coefficient (Wildman–Crippen LogP) is 6.29. The summed E-state index contributed by atoms with van der Waals surface area (Å²) in [5.74, 6) is -0.143. The van der Waals surface area contributed by atoms with Gasteiger partial charge in [0, 0.05) is 16.0 Å². The molecule has 0 atom stereocenters. The third-order valence-corrected chi connectivity index (χ3v) is 5.66. The number of aryl methyl sites for hydroxylation is 1. The molecule has 0 spiro atoms. The minimum absolute atomic E-state index is 0.143. The first-order valence-electron chi connectivity index (χ1n) is 9.26. The van der Waals surface area contributed by atoms with Crippen molar-refractivity contribution < 1.29 is 4.79 Å². The Morgan fingerprint density at radius 3 is 2.00 bits per heavy atom. The first-order chi connectivity index (χ1) is 13.7. The average molecular weight is 385 g/mol. The van der Waals surface area contributed by atoms with Gasteiger partial charge in [-0.3, -0.25) is 10.1 Å². The Kier molecular flexibility index (Phi) is 5.31. The highest BCUT2D eigenvalue weighted by molar-refractivity contribution is 7.16. The van der Waals surface area contributed by atoms with E-state index in [1.165, 1.54) is 16.2 Å². The van der Waals surface area contributed by atoms with Crippen LogP contribution in [0.25, 0.3) is 22.4 Å². The summed E-state index contributed by atoms with van der Waals surface area (Å²) in [4.78, 5) is 18.5. The number of nitrogens with zero attached hydrogens (tertiary/aromatic N) is 1. The number of aromatic nitrogens is 1. The standard InChI is InChI=1S/C24H20N2OS/c1-2-21-22(19-11-7-4-8-12-19)25-24(28-21)26-23(27)20-15-13-18(14-16-20)17-9-5-3-6-10-17/h3-16H,2H2,1H3,(H,25,26,27). The van der Waals surface area contributed by atoms with Crippen LogP contribution in [0.5, 0.6) is 0 Å². The van der Waals surface area contributed by atoms with Gasteiger partial charge in [-0.05, 0) is 29.7 Å². The van der Waals surface area contributed by atoms with Gasteiger partial charge >= 0.3 is 0 Å². The molecule has 3 nitrogen and oxygen atoms in total. The van der Waals surface area contributed by atoms with Crippen molar-refractivity contribution in [2.24, 2.45) is 0 Å². The van der Waals surface area contributed by atoms with Crippen molar-refractivity contribution in [3.63, 3.8) is 0 Å². The zero-order valence-corrected chi connectivity index (χ0v) is 16.4. The van der Waals surface area contributed by atoms with Crippen LogP contribution in [0, 0.1) is 0 Å². The second-order valence-corrected chi connectivity index (χ2v) is 7.49. The average Bonchev–Trinajstić information content (AvgIpc) is 3.18.